The number of hydrogen-bond donors (Lipinski definition) is 2. The Hall–Kier alpha value is -0.770. The van der Waals surface area contributed by atoms with Gasteiger partial charge >= 0.3 is 6.03 Å². The van der Waals surface area contributed by atoms with Gasteiger partial charge in [0.05, 0.1) is 0 Å². The largest absolute Gasteiger partial charge is 0.412 e. The number of hydrogen-bond acceptors (Lipinski definition) is 1. The lowest BCUT2D eigenvalue weighted by Crippen LogP contribution is -2.29. The van der Waals surface area contributed by atoms with Crippen molar-refractivity contribution in [1.29, 1.82) is 0 Å². The molecular formula is C6H16N2O2. The summed E-state index contributed by atoms with van der Waals surface area (Å²) in [5.74, 6) is 0. The van der Waals surface area contributed by atoms with Gasteiger partial charge in [0, 0.05) is 6.54 Å². The van der Waals surface area contributed by atoms with Crippen molar-refractivity contribution < 1.29 is 10.3 Å². The molecule has 0 bridgehead atoms. The lowest BCUT2D eigenvalue weighted by atomic mass is 10.2. The Balaban J connectivity index is 0. The molecule has 0 unspecified atom stereocenters. The van der Waals surface area contributed by atoms with Crippen LogP contribution in [0.5, 0.6) is 0 Å². The van der Waals surface area contributed by atoms with Crippen LogP contribution in [-0.4, -0.2) is 18.1 Å². The molecule has 62 valence electrons. The predicted octanol–water partition coefficient (Wildman–Crippen LogP) is 0.0202. The Labute approximate surface area is 61.1 Å². The van der Waals surface area contributed by atoms with Gasteiger partial charge in [0.25, 0.3) is 0 Å². The Bertz CT molecular complexity index is 85.8. The van der Waals surface area contributed by atoms with Gasteiger partial charge in [-0.25, -0.2) is 4.79 Å². The van der Waals surface area contributed by atoms with Crippen molar-refractivity contribution in [1.82, 2.24) is 5.32 Å². The van der Waals surface area contributed by atoms with E-state index < -0.39 is 6.03 Å². The molecule has 10 heavy (non-hydrogen) atoms. The second kappa shape index (κ2) is 8.23. The highest BCUT2D eigenvalue weighted by atomic mass is 16.2. The van der Waals surface area contributed by atoms with E-state index in [2.05, 4.69) is 12.2 Å². The summed E-state index contributed by atoms with van der Waals surface area (Å²) < 4.78 is 0. The Morgan fingerprint density at radius 1 is 1.50 bits per heavy atom. The lowest BCUT2D eigenvalue weighted by Gasteiger charge is -1.97. The van der Waals surface area contributed by atoms with Crippen molar-refractivity contribution in [2.45, 2.75) is 26.2 Å². The molecule has 0 aromatic carbocycles. The van der Waals surface area contributed by atoms with Crippen LogP contribution < -0.4 is 11.1 Å². The second-order valence-electron chi connectivity index (χ2n) is 2.00. The van der Waals surface area contributed by atoms with E-state index in [1.165, 1.54) is 6.42 Å². The van der Waals surface area contributed by atoms with Crippen molar-refractivity contribution in [2.75, 3.05) is 6.54 Å². The smallest absolute Gasteiger partial charge is 0.312 e. The first-order valence-electron chi connectivity index (χ1n) is 3.30. The quantitative estimate of drug-likeness (QED) is 0.541. The number of nitrogens with one attached hydrogen (secondary N) is 1. The van der Waals surface area contributed by atoms with E-state index in [4.69, 9.17) is 5.73 Å². The molecule has 0 heterocycles. The molecule has 0 saturated heterocycles. The highest BCUT2D eigenvalue weighted by Crippen LogP contribution is 1.90. The number of rotatable bonds is 4. The SMILES string of the molecule is CCCCCNC(N)=O.O. The van der Waals surface area contributed by atoms with Crippen LogP contribution in [-0.2, 0) is 0 Å². The summed E-state index contributed by atoms with van der Waals surface area (Å²) in [6.45, 7) is 2.83. The fourth-order valence-electron chi connectivity index (χ4n) is 0.587. The van der Waals surface area contributed by atoms with Gasteiger partial charge in [-0.3, -0.25) is 0 Å². The number of nitrogens with two attached hydrogens (primary N) is 1. The molecule has 0 fully saturated rings. The summed E-state index contributed by atoms with van der Waals surface area (Å²) in [6.07, 6.45) is 3.35. The zero-order valence-electron chi connectivity index (χ0n) is 6.31. The number of amides is 2. The molecule has 4 heteroatoms. The molecule has 0 aromatic heterocycles. The number of carbonyl (C=O) groups is 1. The third-order valence-corrected chi connectivity index (χ3v) is 1.08. The summed E-state index contributed by atoms with van der Waals surface area (Å²) in [4.78, 5) is 10.1. The van der Waals surface area contributed by atoms with Gasteiger partial charge < -0.3 is 16.5 Å². The number of urea groups is 1. The molecule has 0 aromatic rings. The standard InChI is InChI=1S/C6H14N2O.H2O/c1-2-3-4-5-8-6(7)9;/h2-5H2,1H3,(H3,7,8,9);1H2. The first kappa shape index (κ1) is 12.0. The normalized spacial score (nSPS) is 8.10. The van der Waals surface area contributed by atoms with Crippen LogP contribution in [0.15, 0.2) is 0 Å². The van der Waals surface area contributed by atoms with Crippen LogP contribution >= 0.6 is 0 Å². The van der Waals surface area contributed by atoms with Crippen molar-refractivity contribution in [2.24, 2.45) is 5.73 Å². The molecule has 0 radical (unpaired) electrons. The van der Waals surface area contributed by atoms with E-state index in [-0.39, 0.29) is 5.48 Å². The van der Waals surface area contributed by atoms with Crippen LogP contribution in [0.3, 0.4) is 0 Å². The van der Waals surface area contributed by atoms with E-state index in [0.717, 1.165) is 12.8 Å². The van der Waals surface area contributed by atoms with Crippen molar-refractivity contribution >= 4 is 6.03 Å². The molecule has 4 nitrogen and oxygen atoms in total. The lowest BCUT2D eigenvalue weighted by molar-refractivity contribution is 0.248. The number of primary amides is 1. The maximum Gasteiger partial charge on any atom is 0.312 e. The third-order valence-electron chi connectivity index (χ3n) is 1.08. The topological polar surface area (TPSA) is 86.6 Å². The van der Waals surface area contributed by atoms with Crippen LogP contribution in [0.2, 0.25) is 0 Å². The second-order valence-corrected chi connectivity index (χ2v) is 2.00. The first-order valence-corrected chi connectivity index (χ1v) is 3.30. The minimum atomic E-state index is -0.425. The minimum Gasteiger partial charge on any atom is -0.412 e. The highest BCUT2D eigenvalue weighted by Gasteiger charge is 1.88. The van der Waals surface area contributed by atoms with Crippen LogP contribution in [0, 0.1) is 0 Å². The average molecular weight is 148 g/mol. The molecule has 0 saturated carbocycles. The molecule has 0 aliphatic heterocycles. The van der Waals surface area contributed by atoms with Crippen LogP contribution in [0.25, 0.3) is 0 Å². The Kier molecular flexibility index (Phi) is 9.84. The van der Waals surface area contributed by atoms with Crippen molar-refractivity contribution in [3.63, 3.8) is 0 Å². The van der Waals surface area contributed by atoms with Gasteiger partial charge in [-0.1, -0.05) is 19.8 Å². The maximum absolute atomic E-state index is 10.1. The van der Waals surface area contributed by atoms with E-state index in [1.807, 2.05) is 0 Å². The van der Waals surface area contributed by atoms with Gasteiger partial charge in [-0.15, -0.1) is 0 Å². The maximum atomic E-state index is 10.1. The summed E-state index contributed by atoms with van der Waals surface area (Å²) in [6, 6.07) is -0.425. The zero-order chi connectivity index (χ0) is 7.11. The summed E-state index contributed by atoms with van der Waals surface area (Å²) >= 11 is 0. The molecule has 0 aliphatic carbocycles. The van der Waals surface area contributed by atoms with Crippen LogP contribution in [0.4, 0.5) is 4.79 Å². The Morgan fingerprint density at radius 2 is 2.10 bits per heavy atom. The summed E-state index contributed by atoms with van der Waals surface area (Å²) in [5.41, 5.74) is 4.82. The first-order chi connectivity index (χ1) is 4.27. The van der Waals surface area contributed by atoms with Crippen LogP contribution in [0.1, 0.15) is 26.2 Å². The minimum absolute atomic E-state index is 0. The van der Waals surface area contributed by atoms with E-state index >= 15 is 0 Å². The van der Waals surface area contributed by atoms with Gasteiger partial charge in [0.15, 0.2) is 0 Å². The monoisotopic (exact) mass is 148 g/mol. The fourth-order valence-corrected chi connectivity index (χ4v) is 0.587. The Morgan fingerprint density at radius 3 is 2.50 bits per heavy atom. The fraction of sp³-hybridized carbons (Fsp3) is 0.833. The van der Waals surface area contributed by atoms with E-state index in [9.17, 15) is 4.79 Å². The van der Waals surface area contributed by atoms with E-state index in [0.29, 0.717) is 6.54 Å². The molecular weight excluding hydrogens is 132 g/mol. The average Bonchev–Trinajstić information content (AvgIpc) is 1.80. The molecule has 0 spiro atoms. The molecule has 0 atom stereocenters. The highest BCUT2D eigenvalue weighted by molar-refractivity contribution is 5.71. The van der Waals surface area contributed by atoms with E-state index in [1.54, 1.807) is 0 Å². The molecule has 5 N–H and O–H groups in total. The van der Waals surface area contributed by atoms with Gasteiger partial charge in [0.1, 0.15) is 0 Å². The summed E-state index contributed by atoms with van der Waals surface area (Å²) in [5, 5.41) is 2.52. The van der Waals surface area contributed by atoms with Gasteiger partial charge in [-0.05, 0) is 6.42 Å². The van der Waals surface area contributed by atoms with Gasteiger partial charge in [0.2, 0.25) is 0 Å². The number of carbonyl (C=O) groups excluding carboxylic acids is 1. The number of unbranched alkanes of at least 4 members (excludes halogenated alkanes) is 2. The van der Waals surface area contributed by atoms with Gasteiger partial charge in [-0.2, -0.15) is 0 Å². The molecule has 2 amide bonds. The molecule has 0 aliphatic rings. The third kappa shape index (κ3) is 10.3. The zero-order valence-corrected chi connectivity index (χ0v) is 6.31. The molecule has 0 rings (SSSR count). The predicted molar refractivity (Wildman–Crippen MR) is 40.7 cm³/mol. The van der Waals surface area contributed by atoms with Crippen molar-refractivity contribution in [3.8, 4) is 0 Å². The summed E-state index contributed by atoms with van der Waals surface area (Å²) in [7, 11) is 0. The van der Waals surface area contributed by atoms with Crippen molar-refractivity contribution in [3.05, 3.63) is 0 Å².